The van der Waals surface area contributed by atoms with Gasteiger partial charge in [0, 0.05) is 58.8 Å². The first kappa shape index (κ1) is 56.1. The summed E-state index contributed by atoms with van der Waals surface area (Å²) in [6, 6.07) is 16.2. The number of nitrogens with one attached hydrogen (secondary N) is 1. The normalized spacial score (nSPS) is 11.6. The van der Waals surface area contributed by atoms with Crippen LogP contribution in [0.25, 0.3) is 12.2 Å². The fraction of sp³-hybridized carbons (Fsp3) is 0.635. The second-order valence-electron chi connectivity index (χ2n) is 18.9. The summed E-state index contributed by atoms with van der Waals surface area (Å²) in [5, 5.41) is 2.92. The highest BCUT2D eigenvalue weighted by Gasteiger charge is 2.21. The van der Waals surface area contributed by atoms with Crippen molar-refractivity contribution < 1.29 is 14.4 Å². The number of ketones is 2. The zero-order chi connectivity index (χ0) is 45.0. The third-order valence-electron chi connectivity index (χ3n) is 9.77. The number of carbonyl (C=O) groups is 3. The van der Waals surface area contributed by atoms with Crippen LogP contribution in [0.3, 0.4) is 0 Å². The van der Waals surface area contributed by atoms with Gasteiger partial charge in [-0.25, -0.2) is 0 Å². The molecule has 4 nitrogen and oxygen atoms in total. The number of rotatable bonds is 30. The molecule has 0 aliphatic heterocycles. The zero-order valence-electron chi connectivity index (χ0n) is 39.8. The van der Waals surface area contributed by atoms with Crippen LogP contribution in [0.1, 0.15) is 194 Å². The maximum Gasteiger partial charge on any atom is 0.251 e. The summed E-state index contributed by atoms with van der Waals surface area (Å²) in [5.41, 5.74) is 6.77. The van der Waals surface area contributed by atoms with Gasteiger partial charge in [-0.1, -0.05) is 156 Å². The van der Waals surface area contributed by atoms with Crippen molar-refractivity contribution in [3.8, 4) is 0 Å². The number of unbranched alkanes of at least 4 members (excludes halogenated alkanes) is 2. The standard InChI is InChI=1S/C27H43NO2S2.C25H40OS2/c1-21(2)10-7-8-19-31-32-27(5,6)17-16-25(29)11-9-18-28-26(30)24-14-12-23(13-15-24)20-22(3)4;1-20(2)9-7-8-18-27-28-25(5,6)17-16-24(26)15-14-22-10-12-23(13-11-22)19-21(3)4/h12-15,20-21H,7-11,16-19H2,1-6H3,(H,28,30);10-13,19-20H,7-9,14-18H2,1-6H3. The molecule has 2 aromatic rings. The van der Waals surface area contributed by atoms with Crippen molar-refractivity contribution in [3.63, 3.8) is 0 Å². The molecule has 0 spiro atoms. The minimum absolute atomic E-state index is 0.0795. The van der Waals surface area contributed by atoms with Crippen LogP contribution in [0.4, 0.5) is 0 Å². The summed E-state index contributed by atoms with van der Waals surface area (Å²) >= 11 is 0. The first-order chi connectivity index (χ1) is 28.3. The van der Waals surface area contributed by atoms with Crippen LogP contribution in [-0.4, -0.2) is 45.0 Å². The second-order valence-corrected chi connectivity index (χ2v) is 25.1. The molecule has 0 unspecified atom stereocenters. The van der Waals surface area contributed by atoms with E-state index < -0.39 is 0 Å². The largest absolute Gasteiger partial charge is 0.352 e. The van der Waals surface area contributed by atoms with Crippen LogP contribution in [-0.2, 0) is 16.0 Å². The van der Waals surface area contributed by atoms with E-state index in [0.29, 0.717) is 55.8 Å². The third-order valence-corrected chi connectivity index (χ3v) is 16.6. The summed E-state index contributed by atoms with van der Waals surface area (Å²) in [6.45, 7) is 27.0. The zero-order valence-corrected chi connectivity index (χ0v) is 43.1. The Morgan fingerprint density at radius 2 is 1.02 bits per heavy atom. The first-order valence-electron chi connectivity index (χ1n) is 22.7. The molecule has 2 aromatic carbocycles. The average Bonchev–Trinajstić information content (AvgIpc) is 3.17. The Hall–Kier alpha value is -1.87. The molecule has 0 aliphatic carbocycles. The van der Waals surface area contributed by atoms with E-state index in [1.54, 1.807) is 0 Å². The number of allylic oxidation sites excluding steroid dienone is 2. The monoisotopic (exact) mass is 898 g/mol. The minimum atomic E-state index is -0.0795. The van der Waals surface area contributed by atoms with Crippen LogP contribution in [0.2, 0.25) is 0 Å². The average molecular weight is 899 g/mol. The third kappa shape index (κ3) is 31.0. The van der Waals surface area contributed by atoms with Crippen molar-refractivity contribution >= 4 is 72.8 Å². The van der Waals surface area contributed by atoms with E-state index in [2.05, 4.69) is 125 Å². The van der Waals surface area contributed by atoms with Gasteiger partial charge in [-0.2, -0.15) is 0 Å². The number of Topliss-reactive ketones (excluding diaryl/α,β-unsaturated/α-hetero) is 2. The second kappa shape index (κ2) is 31.9. The molecule has 2 rings (SSSR count). The molecular formula is C52H83NO3S4. The Bertz CT molecular complexity index is 1550. The van der Waals surface area contributed by atoms with E-state index >= 15 is 0 Å². The molecule has 0 atom stereocenters. The molecule has 0 aliphatic rings. The number of amides is 1. The van der Waals surface area contributed by atoms with Crippen molar-refractivity contribution in [2.45, 2.75) is 182 Å². The van der Waals surface area contributed by atoms with Gasteiger partial charge in [0.05, 0.1) is 0 Å². The molecule has 8 heteroatoms. The molecule has 0 fully saturated rings. The molecule has 0 bridgehead atoms. The number of hydrogen-bond acceptors (Lipinski definition) is 7. The molecule has 0 radical (unpaired) electrons. The van der Waals surface area contributed by atoms with Crippen molar-refractivity contribution in [1.82, 2.24) is 5.32 Å². The molecule has 0 saturated carbocycles. The Morgan fingerprint density at radius 3 is 1.45 bits per heavy atom. The van der Waals surface area contributed by atoms with Gasteiger partial charge in [0.25, 0.3) is 5.91 Å². The van der Waals surface area contributed by atoms with Crippen LogP contribution >= 0.6 is 43.2 Å². The Morgan fingerprint density at radius 1 is 0.583 bits per heavy atom. The fourth-order valence-corrected chi connectivity index (χ4v) is 11.5. The van der Waals surface area contributed by atoms with E-state index in [1.165, 1.54) is 72.3 Å². The first-order valence-corrected chi connectivity index (χ1v) is 27.3. The Balaban J connectivity index is 0.000000605. The van der Waals surface area contributed by atoms with E-state index in [4.69, 9.17) is 0 Å². The number of aryl methyl sites for hydroxylation is 1. The van der Waals surface area contributed by atoms with Crippen LogP contribution in [0.15, 0.2) is 59.7 Å². The quantitative estimate of drug-likeness (QED) is 0.0619. The van der Waals surface area contributed by atoms with E-state index in [1.807, 2.05) is 67.4 Å². The van der Waals surface area contributed by atoms with Gasteiger partial charge in [-0.3, -0.25) is 14.4 Å². The lowest BCUT2D eigenvalue weighted by molar-refractivity contribution is -0.120. The van der Waals surface area contributed by atoms with Crippen molar-refractivity contribution in [3.05, 3.63) is 81.9 Å². The van der Waals surface area contributed by atoms with E-state index in [-0.39, 0.29) is 15.4 Å². The van der Waals surface area contributed by atoms with Crippen molar-refractivity contribution in [1.29, 1.82) is 0 Å². The summed E-state index contributed by atoms with van der Waals surface area (Å²) in [7, 11) is 7.80. The molecule has 0 saturated heterocycles. The molecule has 0 aromatic heterocycles. The summed E-state index contributed by atoms with van der Waals surface area (Å²) < 4.78 is 0.286. The fourth-order valence-electron chi connectivity index (χ4n) is 6.09. The Labute approximate surface area is 384 Å². The maximum absolute atomic E-state index is 12.3. The van der Waals surface area contributed by atoms with Gasteiger partial charge in [0.2, 0.25) is 0 Å². The lowest BCUT2D eigenvalue weighted by Crippen LogP contribution is -2.25. The molecular weight excluding hydrogens is 815 g/mol. The smallest absolute Gasteiger partial charge is 0.251 e. The topological polar surface area (TPSA) is 63.2 Å². The lowest BCUT2D eigenvalue weighted by atomic mass is 10.00. The van der Waals surface area contributed by atoms with Crippen molar-refractivity contribution in [2.75, 3.05) is 18.1 Å². The van der Waals surface area contributed by atoms with E-state index in [0.717, 1.165) is 36.7 Å². The van der Waals surface area contributed by atoms with Gasteiger partial charge in [0.1, 0.15) is 11.6 Å². The predicted octanol–water partition coefficient (Wildman–Crippen LogP) is 16.3. The summed E-state index contributed by atoms with van der Waals surface area (Å²) in [5.74, 6) is 4.62. The Kier molecular flexibility index (Phi) is 29.8. The maximum atomic E-state index is 12.3. The molecule has 1 amide bonds. The number of hydrogen-bond donors (Lipinski definition) is 1. The highest BCUT2D eigenvalue weighted by Crippen LogP contribution is 2.40. The van der Waals surface area contributed by atoms with Crippen LogP contribution in [0.5, 0.6) is 0 Å². The lowest BCUT2D eigenvalue weighted by Gasteiger charge is -2.22. The van der Waals surface area contributed by atoms with Crippen LogP contribution in [0, 0.1) is 11.8 Å². The molecule has 338 valence electrons. The van der Waals surface area contributed by atoms with Crippen molar-refractivity contribution in [2.24, 2.45) is 11.8 Å². The number of carbonyl (C=O) groups excluding carboxylic acids is 3. The predicted molar refractivity (Wildman–Crippen MR) is 276 cm³/mol. The number of benzene rings is 2. The highest BCUT2D eigenvalue weighted by atomic mass is 33.1. The van der Waals surface area contributed by atoms with Gasteiger partial charge >= 0.3 is 0 Å². The van der Waals surface area contributed by atoms with Gasteiger partial charge in [-0.15, -0.1) is 0 Å². The molecule has 60 heavy (non-hydrogen) atoms. The minimum Gasteiger partial charge on any atom is -0.352 e. The molecule has 0 heterocycles. The highest BCUT2D eigenvalue weighted by molar-refractivity contribution is 8.77. The summed E-state index contributed by atoms with van der Waals surface area (Å²) in [6.07, 6.45) is 18.0. The molecule has 1 N–H and O–H groups in total. The van der Waals surface area contributed by atoms with Gasteiger partial charge in [-0.05, 0) is 135 Å². The summed E-state index contributed by atoms with van der Waals surface area (Å²) in [4.78, 5) is 36.9. The van der Waals surface area contributed by atoms with Crippen LogP contribution < -0.4 is 5.32 Å². The van der Waals surface area contributed by atoms with Gasteiger partial charge in [0.15, 0.2) is 0 Å². The SMILES string of the molecule is CC(C)=Cc1ccc(C(=O)NCCCC(=O)CCC(C)(C)SSCCCCC(C)C)cc1.CC(C)=Cc1ccc(CCC(=O)CCC(C)(C)SSCCCCC(C)C)cc1. The van der Waals surface area contributed by atoms with Gasteiger partial charge < -0.3 is 5.32 Å². The van der Waals surface area contributed by atoms with E-state index in [9.17, 15) is 14.4 Å².